The van der Waals surface area contributed by atoms with Crippen molar-refractivity contribution in [1.29, 1.82) is 0 Å². The molecule has 4 rings (SSSR count). The first kappa shape index (κ1) is 17.1. The summed E-state index contributed by atoms with van der Waals surface area (Å²) < 4.78 is 20.4. The molecule has 3 heterocycles. The van der Waals surface area contributed by atoms with Crippen LogP contribution in [0.5, 0.6) is 0 Å². The second kappa shape index (κ2) is 7.48. The first-order chi connectivity index (χ1) is 12.7. The van der Waals surface area contributed by atoms with E-state index in [1.165, 1.54) is 21.8 Å². The number of morpholine rings is 1. The molecular weight excluding hydrogens is 373 g/mol. The minimum atomic E-state index is -0.299. The third kappa shape index (κ3) is 3.59. The Labute approximate surface area is 158 Å². The summed E-state index contributed by atoms with van der Waals surface area (Å²) in [6.45, 7) is 3.32. The summed E-state index contributed by atoms with van der Waals surface area (Å²) in [4.78, 5) is 3.32. The molecule has 1 saturated heterocycles. The summed E-state index contributed by atoms with van der Waals surface area (Å²) in [6.07, 6.45) is 1.76. The highest BCUT2D eigenvalue weighted by Gasteiger charge is 2.13. The van der Waals surface area contributed by atoms with Crippen molar-refractivity contribution in [2.24, 2.45) is 5.10 Å². The van der Waals surface area contributed by atoms with Gasteiger partial charge in [-0.3, -0.25) is 0 Å². The van der Waals surface area contributed by atoms with Crippen molar-refractivity contribution in [3.63, 3.8) is 0 Å². The maximum absolute atomic E-state index is 13.1. The van der Waals surface area contributed by atoms with Gasteiger partial charge in [0.1, 0.15) is 5.82 Å². The molecule has 0 spiro atoms. The van der Waals surface area contributed by atoms with E-state index in [2.05, 4.69) is 26.3 Å². The van der Waals surface area contributed by atoms with Gasteiger partial charge in [0.2, 0.25) is 4.77 Å². The van der Waals surface area contributed by atoms with Gasteiger partial charge in [0.05, 0.1) is 24.4 Å². The minimum absolute atomic E-state index is 0.299. The number of hydrogen-bond acceptors (Lipinski definition) is 6. The Hall–Kier alpha value is -2.36. The van der Waals surface area contributed by atoms with Gasteiger partial charge in [-0.05, 0) is 48.6 Å². The number of hydrogen-bond donors (Lipinski definition) is 1. The lowest BCUT2D eigenvalue weighted by Gasteiger charge is -2.27. The van der Waals surface area contributed by atoms with Crippen LogP contribution in [0.1, 0.15) is 4.88 Å². The van der Waals surface area contributed by atoms with E-state index >= 15 is 0 Å². The van der Waals surface area contributed by atoms with Crippen LogP contribution in [0.25, 0.3) is 11.4 Å². The van der Waals surface area contributed by atoms with Crippen molar-refractivity contribution < 1.29 is 9.13 Å². The lowest BCUT2D eigenvalue weighted by molar-refractivity contribution is 0.123. The van der Waals surface area contributed by atoms with Crippen LogP contribution in [0.3, 0.4) is 0 Å². The fourth-order valence-electron chi connectivity index (χ4n) is 2.66. The largest absolute Gasteiger partial charge is 0.378 e. The molecule has 0 radical (unpaired) electrons. The molecule has 134 valence electrons. The van der Waals surface area contributed by atoms with Crippen molar-refractivity contribution in [3.8, 4) is 11.4 Å². The van der Waals surface area contributed by atoms with Gasteiger partial charge in [-0.1, -0.05) is 0 Å². The Morgan fingerprint density at radius 1 is 1.19 bits per heavy atom. The number of ether oxygens (including phenoxy) is 1. The zero-order valence-corrected chi connectivity index (χ0v) is 15.4. The maximum atomic E-state index is 13.1. The molecule has 6 nitrogen and oxygen atoms in total. The first-order valence-corrected chi connectivity index (χ1v) is 9.33. The zero-order chi connectivity index (χ0) is 17.9. The number of anilines is 1. The van der Waals surface area contributed by atoms with Crippen LogP contribution in [0.2, 0.25) is 0 Å². The van der Waals surface area contributed by atoms with Gasteiger partial charge in [0, 0.05) is 23.5 Å². The Morgan fingerprint density at radius 3 is 2.73 bits per heavy atom. The van der Waals surface area contributed by atoms with Gasteiger partial charge in [-0.2, -0.15) is 14.9 Å². The van der Waals surface area contributed by atoms with Crippen LogP contribution in [-0.4, -0.2) is 47.4 Å². The molecule has 0 amide bonds. The zero-order valence-electron chi connectivity index (χ0n) is 13.8. The predicted molar refractivity (Wildman–Crippen MR) is 103 cm³/mol. The lowest BCUT2D eigenvalue weighted by atomic mass is 10.2. The molecule has 9 heteroatoms. The molecule has 26 heavy (non-hydrogen) atoms. The second-order valence-electron chi connectivity index (χ2n) is 5.69. The van der Waals surface area contributed by atoms with E-state index < -0.39 is 0 Å². The molecule has 0 unspecified atom stereocenters. The van der Waals surface area contributed by atoms with Gasteiger partial charge in [-0.15, -0.1) is 11.3 Å². The van der Waals surface area contributed by atoms with Gasteiger partial charge in [0.15, 0.2) is 5.82 Å². The maximum Gasteiger partial charge on any atom is 0.216 e. The Bertz CT molecular complexity index is 970. The molecule has 1 fully saturated rings. The fraction of sp³-hybridized carbons (Fsp3) is 0.235. The minimum Gasteiger partial charge on any atom is -0.378 e. The molecular formula is C17H16FN5OS2. The molecule has 1 aromatic carbocycles. The summed E-state index contributed by atoms with van der Waals surface area (Å²) in [6, 6.07) is 10.2. The van der Waals surface area contributed by atoms with E-state index in [1.54, 1.807) is 29.7 Å². The van der Waals surface area contributed by atoms with Gasteiger partial charge >= 0.3 is 0 Å². The number of aromatic amines is 1. The SMILES string of the molecule is Fc1ccc(-c2n[nH]c(=S)n2/N=C\c2ccc(N3CCOCC3)s2)cc1. The van der Waals surface area contributed by atoms with Crippen LogP contribution >= 0.6 is 23.6 Å². The van der Waals surface area contributed by atoms with Gasteiger partial charge in [-0.25, -0.2) is 9.49 Å². The molecule has 0 saturated carbocycles. The van der Waals surface area contributed by atoms with Gasteiger partial charge < -0.3 is 9.64 Å². The number of halogens is 1. The van der Waals surface area contributed by atoms with Crippen molar-refractivity contribution in [1.82, 2.24) is 14.9 Å². The molecule has 0 aliphatic carbocycles. The Kier molecular flexibility index (Phi) is 4.91. The van der Waals surface area contributed by atoms with E-state index in [-0.39, 0.29) is 5.82 Å². The van der Waals surface area contributed by atoms with Crippen molar-refractivity contribution >= 4 is 34.8 Å². The van der Waals surface area contributed by atoms with Crippen molar-refractivity contribution in [2.45, 2.75) is 0 Å². The summed E-state index contributed by atoms with van der Waals surface area (Å²) in [5.74, 6) is 0.239. The predicted octanol–water partition coefficient (Wildman–Crippen LogP) is 3.53. The second-order valence-corrected chi connectivity index (χ2v) is 7.17. The van der Waals surface area contributed by atoms with Crippen LogP contribution in [-0.2, 0) is 4.74 Å². The third-order valence-corrected chi connectivity index (χ3v) is 5.33. The summed E-state index contributed by atoms with van der Waals surface area (Å²) in [5.41, 5.74) is 0.732. The highest BCUT2D eigenvalue weighted by Crippen LogP contribution is 2.26. The Morgan fingerprint density at radius 2 is 1.96 bits per heavy atom. The number of aromatic nitrogens is 3. The first-order valence-electron chi connectivity index (χ1n) is 8.11. The van der Waals surface area contributed by atoms with E-state index in [4.69, 9.17) is 17.0 Å². The van der Waals surface area contributed by atoms with Crippen LogP contribution in [0, 0.1) is 10.6 Å². The van der Waals surface area contributed by atoms with E-state index in [0.29, 0.717) is 10.6 Å². The number of nitrogens with zero attached hydrogens (tertiary/aromatic N) is 4. The van der Waals surface area contributed by atoms with Crippen LogP contribution in [0.4, 0.5) is 9.39 Å². The lowest BCUT2D eigenvalue weighted by Crippen LogP contribution is -2.35. The number of thiophene rings is 1. The molecule has 2 aromatic heterocycles. The van der Waals surface area contributed by atoms with Crippen molar-refractivity contribution in [3.05, 3.63) is 51.9 Å². The average Bonchev–Trinajstić information content (AvgIpc) is 3.28. The summed E-state index contributed by atoms with van der Waals surface area (Å²) in [5, 5.41) is 12.6. The van der Waals surface area contributed by atoms with E-state index in [0.717, 1.165) is 36.7 Å². The van der Waals surface area contributed by atoms with Crippen LogP contribution < -0.4 is 4.90 Å². The smallest absolute Gasteiger partial charge is 0.216 e. The average molecular weight is 389 g/mol. The Balaban J connectivity index is 1.58. The molecule has 3 aromatic rings. The molecule has 1 aliphatic rings. The standard InChI is InChI=1S/C17H16FN5OS2/c18-13-3-1-12(2-4-13)16-20-21-17(25)23(16)19-11-14-5-6-15(26-14)22-7-9-24-10-8-22/h1-6,11H,7-10H2,(H,21,25)/b19-11-. The highest BCUT2D eigenvalue weighted by molar-refractivity contribution is 7.71. The normalized spacial score (nSPS) is 15.0. The molecule has 0 bridgehead atoms. The number of benzene rings is 1. The number of nitrogens with one attached hydrogen (secondary N) is 1. The van der Waals surface area contributed by atoms with E-state index in [1.807, 2.05) is 6.07 Å². The van der Waals surface area contributed by atoms with Gasteiger partial charge in [0.25, 0.3) is 0 Å². The monoisotopic (exact) mass is 389 g/mol. The molecule has 1 aliphatic heterocycles. The fourth-order valence-corrected chi connectivity index (χ4v) is 3.77. The molecule has 0 atom stereocenters. The third-order valence-electron chi connectivity index (χ3n) is 3.99. The molecule has 1 N–H and O–H groups in total. The highest BCUT2D eigenvalue weighted by atomic mass is 32.1. The van der Waals surface area contributed by atoms with Crippen molar-refractivity contribution in [2.75, 3.05) is 31.2 Å². The number of rotatable bonds is 4. The van der Waals surface area contributed by atoms with E-state index in [9.17, 15) is 4.39 Å². The summed E-state index contributed by atoms with van der Waals surface area (Å²) >= 11 is 6.92. The van der Waals surface area contributed by atoms with Crippen LogP contribution in [0.15, 0.2) is 41.5 Å². The number of H-pyrrole nitrogens is 1. The summed E-state index contributed by atoms with van der Waals surface area (Å²) in [7, 11) is 0. The quantitative estimate of drug-likeness (QED) is 0.548. The topological polar surface area (TPSA) is 58.4 Å².